The molecule has 2 aliphatic heterocycles. The van der Waals surface area contributed by atoms with Crippen molar-refractivity contribution in [1.82, 2.24) is 20.4 Å². The average Bonchev–Trinajstić information content (AvgIpc) is 3.20. The van der Waals surface area contributed by atoms with E-state index in [4.69, 9.17) is 4.52 Å². The third-order valence-corrected chi connectivity index (χ3v) is 5.24. The third-order valence-electron chi connectivity index (χ3n) is 5.24. The van der Waals surface area contributed by atoms with Crippen molar-refractivity contribution in [2.24, 2.45) is 0 Å². The molecule has 0 aromatic carbocycles. The standard InChI is InChI=1S/C18H20N4O3/c1-12-9-15(21-25-12)17(24)22-7-4-18(5-8-22)10-14(16(23)20-18)13-3-2-6-19-11-13/h2-3,6,9,11,14H,4-5,7-8,10H2,1H3,(H,20,23)/t14-/m0/s1. The SMILES string of the molecule is Cc1cc(C(=O)N2CCC3(CC2)C[C@@H](c2cccnc2)C(=O)N3)no1. The minimum absolute atomic E-state index is 0.0555. The number of amides is 2. The number of piperidine rings is 1. The van der Waals surface area contributed by atoms with Crippen molar-refractivity contribution in [3.8, 4) is 0 Å². The summed E-state index contributed by atoms with van der Waals surface area (Å²) in [5.74, 6) is 0.410. The topological polar surface area (TPSA) is 88.3 Å². The van der Waals surface area contributed by atoms with Crippen molar-refractivity contribution >= 4 is 11.8 Å². The predicted octanol–water partition coefficient (Wildman–Crippen LogP) is 1.66. The van der Waals surface area contributed by atoms with Crippen molar-refractivity contribution in [3.63, 3.8) is 0 Å². The highest BCUT2D eigenvalue weighted by Crippen LogP contribution is 2.39. The minimum Gasteiger partial charge on any atom is -0.361 e. The van der Waals surface area contributed by atoms with Gasteiger partial charge in [0.25, 0.3) is 5.91 Å². The van der Waals surface area contributed by atoms with Gasteiger partial charge in [-0.2, -0.15) is 0 Å². The Morgan fingerprint density at radius 2 is 2.20 bits per heavy atom. The molecule has 0 bridgehead atoms. The Morgan fingerprint density at radius 3 is 2.84 bits per heavy atom. The zero-order valence-corrected chi connectivity index (χ0v) is 14.1. The molecule has 7 nitrogen and oxygen atoms in total. The molecule has 0 aliphatic carbocycles. The molecular weight excluding hydrogens is 320 g/mol. The van der Waals surface area contributed by atoms with Crippen molar-refractivity contribution in [2.45, 2.75) is 37.6 Å². The number of nitrogens with zero attached hydrogens (tertiary/aromatic N) is 3. The Balaban J connectivity index is 1.43. The maximum absolute atomic E-state index is 12.5. The number of hydrogen-bond donors (Lipinski definition) is 1. The van der Waals surface area contributed by atoms with Gasteiger partial charge in [-0.1, -0.05) is 11.2 Å². The Kier molecular flexibility index (Phi) is 3.78. The maximum Gasteiger partial charge on any atom is 0.276 e. The fourth-order valence-electron chi connectivity index (χ4n) is 3.83. The fraction of sp³-hybridized carbons (Fsp3) is 0.444. The van der Waals surface area contributed by atoms with Crippen molar-refractivity contribution < 1.29 is 14.1 Å². The van der Waals surface area contributed by atoms with Gasteiger partial charge in [0.1, 0.15) is 5.76 Å². The van der Waals surface area contributed by atoms with Gasteiger partial charge in [-0.25, -0.2) is 0 Å². The van der Waals surface area contributed by atoms with Crippen LogP contribution in [0.5, 0.6) is 0 Å². The van der Waals surface area contributed by atoms with Crippen LogP contribution >= 0.6 is 0 Å². The zero-order valence-electron chi connectivity index (χ0n) is 14.1. The fourth-order valence-corrected chi connectivity index (χ4v) is 3.83. The first-order chi connectivity index (χ1) is 12.1. The molecule has 2 aromatic rings. The van der Waals surface area contributed by atoms with Crippen LogP contribution in [-0.4, -0.2) is 45.5 Å². The smallest absolute Gasteiger partial charge is 0.276 e. The van der Waals surface area contributed by atoms with E-state index in [-0.39, 0.29) is 23.3 Å². The molecule has 2 aromatic heterocycles. The molecule has 0 saturated carbocycles. The number of aromatic nitrogens is 2. The van der Waals surface area contributed by atoms with Gasteiger partial charge in [-0.3, -0.25) is 14.6 Å². The monoisotopic (exact) mass is 340 g/mol. The molecular formula is C18H20N4O3. The number of nitrogens with one attached hydrogen (secondary N) is 1. The van der Waals surface area contributed by atoms with Gasteiger partial charge in [0, 0.05) is 37.1 Å². The highest BCUT2D eigenvalue weighted by Gasteiger charge is 2.46. The first-order valence-corrected chi connectivity index (χ1v) is 8.51. The van der Waals surface area contributed by atoms with E-state index in [0.29, 0.717) is 24.5 Å². The molecule has 2 saturated heterocycles. The molecule has 4 rings (SSSR count). The molecule has 4 heterocycles. The second-order valence-corrected chi connectivity index (χ2v) is 6.93. The van der Waals surface area contributed by atoms with Gasteiger partial charge < -0.3 is 14.7 Å². The number of pyridine rings is 1. The molecule has 2 fully saturated rings. The highest BCUT2D eigenvalue weighted by atomic mass is 16.5. The van der Waals surface area contributed by atoms with Crippen LogP contribution in [0, 0.1) is 6.92 Å². The summed E-state index contributed by atoms with van der Waals surface area (Å²) in [6.07, 6.45) is 5.72. The van der Waals surface area contributed by atoms with Crippen LogP contribution in [0.4, 0.5) is 0 Å². The number of carbonyl (C=O) groups is 2. The van der Waals surface area contributed by atoms with Gasteiger partial charge in [-0.05, 0) is 37.8 Å². The Hall–Kier alpha value is -2.70. The number of carbonyl (C=O) groups excluding carboxylic acids is 2. The van der Waals surface area contributed by atoms with Crippen LogP contribution in [-0.2, 0) is 4.79 Å². The van der Waals surface area contributed by atoms with Gasteiger partial charge in [0.05, 0.1) is 5.92 Å². The molecule has 2 amide bonds. The van der Waals surface area contributed by atoms with Crippen LogP contribution in [0.1, 0.15) is 47.0 Å². The van der Waals surface area contributed by atoms with E-state index in [9.17, 15) is 9.59 Å². The lowest BCUT2D eigenvalue weighted by atomic mass is 9.82. The van der Waals surface area contributed by atoms with Crippen molar-refractivity contribution in [3.05, 3.63) is 47.6 Å². The van der Waals surface area contributed by atoms with Crippen molar-refractivity contribution in [1.29, 1.82) is 0 Å². The molecule has 0 radical (unpaired) electrons. The number of likely N-dealkylation sites (tertiary alicyclic amines) is 1. The summed E-state index contributed by atoms with van der Waals surface area (Å²) in [5, 5.41) is 6.98. The molecule has 1 spiro atoms. The molecule has 0 unspecified atom stereocenters. The summed E-state index contributed by atoms with van der Waals surface area (Å²) >= 11 is 0. The van der Waals surface area contributed by atoms with Gasteiger partial charge in [0.15, 0.2) is 5.69 Å². The van der Waals surface area contributed by atoms with E-state index in [1.54, 1.807) is 30.3 Å². The summed E-state index contributed by atoms with van der Waals surface area (Å²) < 4.78 is 4.99. The van der Waals surface area contributed by atoms with Gasteiger partial charge in [-0.15, -0.1) is 0 Å². The second-order valence-electron chi connectivity index (χ2n) is 6.93. The summed E-state index contributed by atoms with van der Waals surface area (Å²) in [7, 11) is 0. The van der Waals surface area contributed by atoms with E-state index < -0.39 is 0 Å². The Morgan fingerprint density at radius 1 is 1.40 bits per heavy atom. The van der Waals surface area contributed by atoms with Crippen LogP contribution in [0.15, 0.2) is 35.1 Å². The Labute approximate surface area is 145 Å². The van der Waals surface area contributed by atoms with Gasteiger partial charge >= 0.3 is 0 Å². The summed E-state index contributed by atoms with van der Waals surface area (Å²) in [6.45, 7) is 2.97. The number of hydrogen-bond acceptors (Lipinski definition) is 5. The average molecular weight is 340 g/mol. The first-order valence-electron chi connectivity index (χ1n) is 8.51. The lowest BCUT2D eigenvalue weighted by Gasteiger charge is -2.39. The largest absolute Gasteiger partial charge is 0.361 e. The molecule has 130 valence electrons. The van der Waals surface area contributed by atoms with Crippen LogP contribution in [0.3, 0.4) is 0 Å². The lowest BCUT2D eigenvalue weighted by molar-refractivity contribution is -0.121. The molecule has 7 heteroatoms. The lowest BCUT2D eigenvalue weighted by Crippen LogP contribution is -2.52. The van der Waals surface area contributed by atoms with Crippen LogP contribution in [0.2, 0.25) is 0 Å². The van der Waals surface area contributed by atoms with E-state index >= 15 is 0 Å². The third kappa shape index (κ3) is 2.90. The second kappa shape index (κ2) is 5.98. The summed E-state index contributed by atoms with van der Waals surface area (Å²) in [5.41, 5.74) is 1.07. The molecule has 2 aliphatic rings. The van der Waals surface area contributed by atoms with E-state index in [0.717, 1.165) is 24.8 Å². The van der Waals surface area contributed by atoms with Crippen molar-refractivity contribution in [2.75, 3.05) is 13.1 Å². The summed E-state index contributed by atoms with van der Waals surface area (Å²) in [6, 6.07) is 5.46. The van der Waals surface area contributed by atoms with Gasteiger partial charge in [0.2, 0.25) is 5.91 Å². The minimum atomic E-state index is -0.228. The molecule has 25 heavy (non-hydrogen) atoms. The number of aryl methyl sites for hydroxylation is 1. The normalized spacial score (nSPS) is 22.2. The number of rotatable bonds is 2. The Bertz CT molecular complexity index is 794. The molecule has 1 atom stereocenters. The highest BCUT2D eigenvalue weighted by molar-refractivity contribution is 5.92. The molecule has 1 N–H and O–H groups in total. The zero-order chi connectivity index (χ0) is 17.4. The summed E-state index contributed by atoms with van der Waals surface area (Å²) in [4.78, 5) is 30.8. The first kappa shape index (κ1) is 15.8. The predicted molar refractivity (Wildman–Crippen MR) is 88.8 cm³/mol. The van der Waals surface area contributed by atoms with Crippen LogP contribution in [0.25, 0.3) is 0 Å². The van der Waals surface area contributed by atoms with E-state index in [1.165, 1.54) is 0 Å². The van der Waals surface area contributed by atoms with E-state index in [2.05, 4.69) is 15.5 Å². The van der Waals surface area contributed by atoms with Crippen LogP contribution < -0.4 is 5.32 Å². The maximum atomic E-state index is 12.5. The van der Waals surface area contributed by atoms with E-state index in [1.807, 2.05) is 12.1 Å². The quantitative estimate of drug-likeness (QED) is 0.898.